The van der Waals surface area contributed by atoms with Gasteiger partial charge in [0.2, 0.25) is 5.91 Å². The summed E-state index contributed by atoms with van der Waals surface area (Å²) in [6, 6.07) is 11.1. The van der Waals surface area contributed by atoms with Gasteiger partial charge in [-0.15, -0.1) is 0 Å². The minimum Gasteiger partial charge on any atom is -0.490 e. The lowest BCUT2D eigenvalue weighted by Gasteiger charge is -2.30. The highest BCUT2D eigenvalue weighted by Crippen LogP contribution is 2.34. The molecular formula is C26H30N4O4S. The number of benzene rings is 2. The predicted molar refractivity (Wildman–Crippen MR) is 136 cm³/mol. The molecule has 1 aromatic heterocycles. The number of ether oxygens (including phenoxy) is 2. The molecule has 0 unspecified atom stereocenters. The number of rotatable bonds is 9. The standard InChI is InChI=1S/C26H30N4O4S/c1-4-33-22-14-19-10-12-30(16-20(19)15-23(22)34-5-2)25(32)18-6-8-21(9-7-18)28-24(31)17-35-26-27-11-13-29(26)3/h6-9,11,13-15H,4-5,10,12,16-17H2,1-3H3,(H,28,31). The molecule has 35 heavy (non-hydrogen) atoms. The Bertz CT molecular complexity index is 1190. The maximum atomic E-state index is 13.2. The number of nitrogens with one attached hydrogen (secondary N) is 1. The van der Waals surface area contributed by atoms with Crippen LogP contribution in [-0.4, -0.2) is 51.8 Å². The van der Waals surface area contributed by atoms with Crippen LogP contribution in [-0.2, 0) is 24.8 Å². The number of thioether (sulfide) groups is 1. The molecule has 0 fully saturated rings. The Kier molecular flexibility index (Phi) is 7.97. The summed E-state index contributed by atoms with van der Waals surface area (Å²) in [6.07, 6.45) is 4.30. The summed E-state index contributed by atoms with van der Waals surface area (Å²) in [5, 5.41) is 3.65. The molecule has 0 saturated carbocycles. The van der Waals surface area contributed by atoms with Crippen LogP contribution in [0.2, 0.25) is 0 Å². The van der Waals surface area contributed by atoms with Crippen molar-refractivity contribution in [1.29, 1.82) is 0 Å². The molecule has 0 saturated heterocycles. The van der Waals surface area contributed by atoms with Gasteiger partial charge in [-0.05, 0) is 67.8 Å². The first-order valence-electron chi connectivity index (χ1n) is 11.7. The molecule has 8 nitrogen and oxygen atoms in total. The number of hydrogen-bond acceptors (Lipinski definition) is 6. The van der Waals surface area contributed by atoms with Gasteiger partial charge >= 0.3 is 0 Å². The van der Waals surface area contributed by atoms with E-state index in [9.17, 15) is 9.59 Å². The van der Waals surface area contributed by atoms with Crippen molar-refractivity contribution in [1.82, 2.24) is 14.5 Å². The van der Waals surface area contributed by atoms with E-state index in [1.165, 1.54) is 17.3 Å². The Labute approximate surface area is 209 Å². The molecule has 4 rings (SSSR count). The molecule has 0 radical (unpaired) electrons. The molecule has 0 spiro atoms. The van der Waals surface area contributed by atoms with Gasteiger partial charge in [-0.2, -0.15) is 0 Å². The topological polar surface area (TPSA) is 85.7 Å². The number of imidazole rings is 1. The molecule has 9 heteroatoms. The maximum absolute atomic E-state index is 13.2. The second-order valence-corrected chi connectivity index (χ2v) is 9.09. The van der Waals surface area contributed by atoms with Crippen molar-refractivity contribution in [2.45, 2.75) is 32.0 Å². The minimum atomic E-state index is -0.124. The summed E-state index contributed by atoms with van der Waals surface area (Å²) in [5.41, 5.74) is 3.50. The number of nitrogens with zero attached hydrogens (tertiary/aromatic N) is 3. The molecule has 1 aliphatic heterocycles. The van der Waals surface area contributed by atoms with Crippen molar-refractivity contribution in [2.75, 3.05) is 30.8 Å². The lowest BCUT2D eigenvalue weighted by atomic mass is 9.98. The molecule has 2 amide bonds. The van der Waals surface area contributed by atoms with Crippen LogP contribution in [0.5, 0.6) is 11.5 Å². The van der Waals surface area contributed by atoms with E-state index < -0.39 is 0 Å². The average Bonchev–Trinajstić information content (AvgIpc) is 3.27. The fraction of sp³-hybridized carbons (Fsp3) is 0.346. The molecule has 1 aliphatic rings. The largest absolute Gasteiger partial charge is 0.490 e. The lowest BCUT2D eigenvalue weighted by molar-refractivity contribution is -0.113. The van der Waals surface area contributed by atoms with E-state index in [0.29, 0.717) is 43.3 Å². The number of anilines is 1. The SMILES string of the molecule is CCOc1cc2c(cc1OCC)CN(C(=O)c1ccc(NC(=O)CSc3nccn3C)cc1)CC2. The molecule has 0 aliphatic carbocycles. The second-order valence-electron chi connectivity index (χ2n) is 8.15. The number of amides is 2. The summed E-state index contributed by atoms with van der Waals surface area (Å²) in [6.45, 7) is 6.16. The Morgan fingerprint density at radius 3 is 2.37 bits per heavy atom. The molecule has 184 valence electrons. The van der Waals surface area contributed by atoms with Crippen LogP contribution < -0.4 is 14.8 Å². The minimum absolute atomic E-state index is 0.0364. The van der Waals surface area contributed by atoms with Crippen LogP contribution in [0.4, 0.5) is 5.69 Å². The summed E-state index contributed by atoms with van der Waals surface area (Å²) in [5.74, 6) is 1.56. The van der Waals surface area contributed by atoms with Gasteiger partial charge in [-0.1, -0.05) is 11.8 Å². The monoisotopic (exact) mass is 494 g/mol. The van der Waals surface area contributed by atoms with E-state index >= 15 is 0 Å². The van der Waals surface area contributed by atoms with Gasteiger partial charge in [0.05, 0.1) is 19.0 Å². The highest BCUT2D eigenvalue weighted by Gasteiger charge is 2.24. The lowest BCUT2D eigenvalue weighted by Crippen LogP contribution is -2.36. The first-order valence-corrected chi connectivity index (χ1v) is 12.7. The molecule has 2 heterocycles. The quantitative estimate of drug-likeness (QED) is 0.450. The van der Waals surface area contributed by atoms with Crippen molar-refractivity contribution >= 4 is 29.3 Å². The average molecular weight is 495 g/mol. The van der Waals surface area contributed by atoms with E-state index in [1.54, 1.807) is 30.5 Å². The van der Waals surface area contributed by atoms with Gasteiger partial charge in [-0.3, -0.25) is 9.59 Å². The van der Waals surface area contributed by atoms with Crippen LogP contribution in [0.1, 0.15) is 35.3 Å². The Balaban J connectivity index is 1.37. The van der Waals surface area contributed by atoms with Gasteiger partial charge in [0.15, 0.2) is 16.7 Å². The van der Waals surface area contributed by atoms with Gasteiger partial charge < -0.3 is 24.3 Å². The third-order valence-corrected chi connectivity index (χ3v) is 6.75. The molecule has 2 aromatic carbocycles. The zero-order valence-corrected chi connectivity index (χ0v) is 21.1. The fourth-order valence-corrected chi connectivity index (χ4v) is 4.70. The van der Waals surface area contributed by atoms with Gasteiger partial charge in [0.1, 0.15) is 0 Å². The van der Waals surface area contributed by atoms with Gasteiger partial charge in [0, 0.05) is 43.8 Å². The molecular weight excluding hydrogens is 464 g/mol. The van der Waals surface area contributed by atoms with Crippen molar-refractivity contribution in [3.63, 3.8) is 0 Å². The first kappa shape index (κ1) is 24.7. The number of fused-ring (bicyclic) bond motifs is 1. The summed E-state index contributed by atoms with van der Waals surface area (Å²) < 4.78 is 13.4. The Hall–Kier alpha value is -3.46. The van der Waals surface area contributed by atoms with Gasteiger partial charge in [-0.25, -0.2) is 4.98 Å². The zero-order chi connectivity index (χ0) is 24.8. The van der Waals surface area contributed by atoms with E-state index in [1.807, 2.05) is 48.7 Å². The van der Waals surface area contributed by atoms with Crippen molar-refractivity contribution in [3.8, 4) is 11.5 Å². The highest BCUT2D eigenvalue weighted by molar-refractivity contribution is 7.99. The van der Waals surface area contributed by atoms with E-state index in [-0.39, 0.29) is 17.6 Å². The summed E-state index contributed by atoms with van der Waals surface area (Å²) in [4.78, 5) is 31.5. The number of carbonyl (C=O) groups is 2. The maximum Gasteiger partial charge on any atom is 0.254 e. The fourth-order valence-electron chi connectivity index (χ4n) is 3.97. The number of aryl methyl sites for hydroxylation is 1. The third-order valence-electron chi connectivity index (χ3n) is 5.69. The number of carbonyl (C=O) groups excluding carboxylic acids is 2. The van der Waals surface area contributed by atoms with Crippen LogP contribution in [0, 0.1) is 0 Å². The Morgan fingerprint density at radius 2 is 1.74 bits per heavy atom. The smallest absolute Gasteiger partial charge is 0.254 e. The number of aromatic nitrogens is 2. The number of hydrogen-bond donors (Lipinski definition) is 1. The second kappa shape index (κ2) is 11.3. The predicted octanol–water partition coefficient (Wildman–Crippen LogP) is 4.15. The van der Waals surface area contributed by atoms with E-state index in [4.69, 9.17) is 9.47 Å². The third kappa shape index (κ3) is 5.97. The van der Waals surface area contributed by atoms with Crippen molar-refractivity contribution in [2.24, 2.45) is 7.05 Å². The molecule has 1 N–H and O–H groups in total. The molecule has 0 bridgehead atoms. The zero-order valence-electron chi connectivity index (χ0n) is 20.2. The van der Waals surface area contributed by atoms with Crippen molar-refractivity contribution in [3.05, 3.63) is 65.5 Å². The molecule has 0 atom stereocenters. The first-order chi connectivity index (χ1) is 17.0. The summed E-state index contributed by atoms with van der Waals surface area (Å²) in [7, 11) is 1.89. The summed E-state index contributed by atoms with van der Waals surface area (Å²) >= 11 is 1.37. The van der Waals surface area contributed by atoms with Crippen LogP contribution in [0.3, 0.4) is 0 Å². The van der Waals surface area contributed by atoms with E-state index in [2.05, 4.69) is 10.3 Å². The van der Waals surface area contributed by atoms with Crippen molar-refractivity contribution < 1.29 is 19.1 Å². The van der Waals surface area contributed by atoms with E-state index in [0.717, 1.165) is 22.9 Å². The normalized spacial score (nSPS) is 12.7. The molecule has 3 aromatic rings. The van der Waals surface area contributed by atoms with Crippen LogP contribution in [0.25, 0.3) is 0 Å². The van der Waals surface area contributed by atoms with Crippen LogP contribution in [0.15, 0.2) is 53.9 Å². The Morgan fingerprint density at radius 1 is 1.06 bits per heavy atom. The van der Waals surface area contributed by atoms with Gasteiger partial charge in [0.25, 0.3) is 5.91 Å². The van der Waals surface area contributed by atoms with Crippen LogP contribution >= 0.6 is 11.8 Å². The highest BCUT2D eigenvalue weighted by atomic mass is 32.2.